The van der Waals surface area contributed by atoms with Gasteiger partial charge in [0.25, 0.3) is 17.5 Å². The van der Waals surface area contributed by atoms with Crippen molar-refractivity contribution in [1.29, 1.82) is 0 Å². The van der Waals surface area contributed by atoms with Crippen LogP contribution in [0.15, 0.2) is 78.9 Å². The zero-order chi connectivity index (χ0) is 22.9. The average Bonchev–Trinajstić information content (AvgIpc) is 2.80. The topological polar surface area (TPSA) is 111 Å². The van der Waals surface area contributed by atoms with Crippen LogP contribution in [0, 0.1) is 10.1 Å². The molecule has 0 saturated heterocycles. The van der Waals surface area contributed by atoms with Gasteiger partial charge in [0.1, 0.15) is 5.75 Å². The van der Waals surface area contributed by atoms with E-state index in [0.29, 0.717) is 30.0 Å². The molecule has 3 aromatic rings. The Morgan fingerprint density at radius 1 is 0.969 bits per heavy atom. The molecule has 8 nitrogen and oxygen atoms in total. The molecule has 8 heteroatoms. The number of anilines is 1. The lowest BCUT2D eigenvalue weighted by atomic mass is 10.1. The van der Waals surface area contributed by atoms with Gasteiger partial charge in [0.05, 0.1) is 16.2 Å². The Balaban J connectivity index is 1.58. The lowest BCUT2D eigenvalue weighted by molar-refractivity contribution is -0.384. The Morgan fingerprint density at radius 2 is 1.62 bits per heavy atom. The number of rotatable bonds is 9. The molecular formula is C24H23N3O5. The number of non-ortho nitro benzene ring substituents is 1. The predicted octanol–water partition coefficient (Wildman–Crippen LogP) is 3.97. The molecule has 3 aromatic carbocycles. The van der Waals surface area contributed by atoms with E-state index in [0.717, 1.165) is 5.56 Å². The summed E-state index contributed by atoms with van der Waals surface area (Å²) in [7, 11) is 0. The molecular weight excluding hydrogens is 410 g/mol. The smallest absolute Gasteiger partial charge is 0.269 e. The first-order valence-corrected chi connectivity index (χ1v) is 10.1. The molecule has 0 radical (unpaired) electrons. The minimum Gasteiger partial charge on any atom is -0.481 e. The summed E-state index contributed by atoms with van der Waals surface area (Å²) in [5, 5.41) is 16.3. The first kappa shape index (κ1) is 22.5. The van der Waals surface area contributed by atoms with Crippen molar-refractivity contribution in [1.82, 2.24) is 5.32 Å². The van der Waals surface area contributed by atoms with E-state index in [1.165, 1.54) is 24.3 Å². The summed E-state index contributed by atoms with van der Waals surface area (Å²) in [4.78, 5) is 35.5. The summed E-state index contributed by atoms with van der Waals surface area (Å²) >= 11 is 0. The Kier molecular flexibility index (Phi) is 7.53. The quantitative estimate of drug-likeness (QED) is 0.392. The fraction of sp³-hybridized carbons (Fsp3) is 0.167. The van der Waals surface area contributed by atoms with Gasteiger partial charge in [-0.25, -0.2) is 0 Å². The zero-order valence-corrected chi connectivity index (χ0v) is 17.5. The van der Waals surface area contributed by atoms with Crippen LogP contribution in [0.1, 0.15) is 22.8 Å². The van der Waals surface area contributed by atoms with Gasteiger partial charge in [-0.2, -0.15) is 0 Å². The zero-order valence-electron chi connectivity index (χ0n) is 17.5. The van der Waals surface area contributed by atoms with Gasteiger partial charge in [-0.05, 0) is 43.2 Å². The largest absolute Gasteiger partial charge is 0.481 e. The number of nitrogens with one attached hydrogen (secondary N) is 2. The number of hydrogen-bond donors (Lipinski definition) is 2. The molecule has 0 spiro atoms. The third kappa shape index (κ3) is 6.15. The van der Waals surface area contributed by atoms with Gasteiger partial charge in [-0.3, -0.25) is 19.7 Å². The molecule has 0 bridgehead atoms. The van der Waals surface area contributed by atoms with Gasteiger partial charge >= 0.3 is 0 Å². The van der Waals surface area contributed by atoms with Crippen LogP contribution in [0.3, 0.4) is 0 Å². The van der Waals surface area contributed by atoms with Crippen molar-refractivity contribution in [2.75, 3.05) is 11.9 Å². The maximum atomic E-state index is 12.6. The van der Waals surface area contributed by atoms with Gasteiger partial charge < -0.3 is 15.4 Å². The highest BCUT2D eigenvalue weighted by atomic mass is 16.6. The second kappa shape index (κ2) is 10.7. The first-order valence-electron chi connectivity index (χ1n) is 10.1. The Hall–Kier alpha value is -4.20. The van der Waals surface area contributed by atoms with Gasteiger partial charge in [0.15, 0.2) is 6.10 Å². The molecule has 1 unspecified atom stereocenters. The van der Waals surface area contributed by atoms with E-state index in [-0.39, 0.29) is 11.6 Å². The number of amides is 2. The van der Waals surface area contributed by atoms with E-state index >= 15 is 0 Å². The van der Waals surface area contributed by atoms with Gasteiger partial charge in [0.2, 0.25) is 0 Å². The molecule has 3 rings (SSSR count). The summed E-state index contributed by atoms with van der Waals surface area (Å²) in [5.74, 6) is -0.418. The van der Waals surface area contributed by atoms with Crippen LogP contribution in [0.5, 0.6) is 5.75 Å². The highest BCUT2D eigenvalue weighted by molar-refractivity contribution is 6.04. The van der Waals surface area contributed by atoms with E-state index in [1.807, 2.05) is 30.3 Å². The van der Waals surface area contributed by atoms with Crippen molar-refractivity contribution >= 4 is 23.2 Å². The molecule has 32 heavy (non-hydrogen) atoms. The molecule has 0 aliphatic carbocycles. The number of nitro groups is 1. The number of carbonyl (C=O) groups excluding carboxylic acids is 2. The molecule has 0 aromatic heterocycles. The van der Waals surface area contributed by atoms with E-state index in [4.69, 9.17) is 4.74 Å². The lowest BCUT2D eigenvalue weighted by Crippen LogP contribution is -2.32. The number of carbonyl (C=O) groups is 2. The van der Waals surface area contributed by atoms with E-state index in [2.05, 4.69) is 10.6 Å². The van der Waals surface area contributed by atoms with Gasteiger partial charge in [0, 0.05) is 18.7 Å². The highest BCUT2D eigenvalue weighted by Gasteiger charge is 2.19. The number of para-hydroxylation sites is 1. The van der Waals surface area contributed by atoms with Crippen molar-refractivity contribution in [2.45, 2.75) is 19.4 Å². The molecule has 0 fully saturated rings. The number of nitro benzene ring substituents is 1. The fourth-order valence-corrected chi connectivity index (χ4v) is 2.99. The molecule has 2 amide bonds. The van der Waals surface area contributed by atoms with Crippen LogP contribution in [0.4, 0.5) is 11.4 Å². The van der Waals surface area contributed by atoms with Crippen molar-refractivity contribution < 1.29 is 19.2 Å². The number of benzene rings is 3. The maximum Gasteiger partial charge on any atom is 0.269 e. The molecule has 2 N–H and O–H groups in total. The van der Waals surface area contributed by atoms with Crippen LogP contribution < -0.4 is 15.4 Å². The summed E-state index contributed by atoms with van der Waals surface area (Å²) in [6.07, 6.45) is -0.188. The second-order valence-corrected chi connectivity index (χ2v) is 7.04. The van der Waals surface area contributed by atoms with Crippen molar-refractivity contribution in [3.8, 4) is 5.75 Å². The third-order valence-electron chi connectivity index (χ3n) is 4.70. The SMILES string of the molecule is CC(Oc1ccc([N+](=O)[O-])cc1)C(=O)Nc1ccccc1C(=O)NCCc1ccccc1. The summed E-state index contributed by atoms with van der Waals surface area (Å²) < 4.78 is 5.56. The monoisotopic (exact) mass is 433 g/mol. The first-order chi connectivity index (χ1) is 15.4. The standard InChI is InChI=1S/C24H23N3O5/c1-17(32-20-13-11-19(12-14-20)27(30)31)23(28)26-22-10-6-5-9-21(22)24(29)25-16-15-18-7-3-2-4-8-18/h2-14,17H,15-16H2,1H3,(H,25,29)(H,26,28). The second-order valence-electron chi connectivity index (χ2n) is 7.04. The van der Waals surface area contributed by atoms with Crippen molar-refractivity contribution in [3.63, 3.8) is 0 Å². The summed E-state index contributed by atoms with van der Waals surface area (Å²) in [6, 6.07) is 22.0. The summed E-state index contributed by atoms with van der Waals surface area (Å²) in [5.41, 5.74) is 1.76. The predicted molar refractivity (Wildman–Crippen MR) is 121 cm³/mol. The highest BCUT2D eigenvalue weighted by Crippen LogP contribution is 2.20. The molecule has 0 saturated carbocycles. The molecule has 0 heterocycles. The normalized spacial score (nSPS) is 11.3. The fourth-order valence-electron chi connectivity index (χ4n) is 2.99. The minimum absolute atomic E-state index is 0.0679. The number of ether oxygens (including phenoxy) is 1. The average molecular weight is 433 g/mol. The third-order valence-corrected chi connectivity index (χ3v) is 4.70. The van der Waals surface area contributed by atoms with Crippen LogP contribution in [0.25, 0.3) is 0 Å². The van der Waals surface area contributed by atoms with E-state index < -0.39 is 16.9 Å². The van der Waals surface area contributed by atoms with Crippen LogP contribution in [-0.2, 0) is 11.2 Å². The molecule has 0 aliphatic heterocycles. The van der Waals surface area contributed by atoms with Crippen molar-refractivity contribution in [2.24, 2.45) is 0 Å². The molecule has 164 valence electrons. The number of nitrogens with zero attached hydrogens (tertiary/aromatic N) is 1. The van der Waals surface area contributed by atoms with Crippen LogP contribution in [-0.4, -0.2) is 29.4 Å². The van der Waals surface area contributed by atoms with E-state index in [9.17, 15) is 19.7 Å². The maximum absolute atomic E-state index is 12.6. The van der Waals surface area contributed by atoms with Gasteiger partial charge in [-0.1, -0.05) is 42.5 Å². The molecule has 1 atom stereocenters. The van der Waals surface area contributed by atoms with Crippen molar-refractivity contribution in [3.05, 3.63) is 100 Å². The Morgan fingerprint density at radius 3 is 2.31 bits per heavy atom. The minimum atomic E-state index is -0.884. The Bertz CT molecular complexity index is 1080. The van der Waals surface area contributed by atoms with Crippen LogP contribution >= 0.6 is 0 Å². The molecule has 0 aliphatic rings. The Labute approximate surface area is 185 Å². The number of hydrogen-bond acceptors (Lipinski definition) is 5. The van der Waals surface area contributed by atoms with Gasteiger partial charge in [-0.15, -0.1) is 0 Å². The van der Waals surface area contributed by atoms with E-state index in [1.54, 1.807) is 31.2 Å². The summed E-state index contributed by atoms with van der Waals surface area (Å²) in [6.45, 7) is 2.02. The van der Waals surface area contributed by atoms with Crippen LogP contribution in [0.2, 0.25) is 0 Å². The lowest BCUT2D eigenvalue weighted by Gasteiger charge is -2.16.